The molecule has 0 radical (unpaired) electrons. The van der Waals surface area contributed by atoms with E-state index in [9.17, 15) is 4.79 Å². The highest BCUT2D eigenvalue weighted by Gasteiger charge is 2.09. The van der Waals surface area contributed by atoms with Crippen molar-refractivity contribution < 1.29 is 33.3 Å². The molecule has 0 heterocycles. The molecule has 0 spiro atoms. The predicted molar refractivity (Wildman–Crippen MR) is 92.2 cm³/mol. The van der Waals surface area contributed by atoms with Crippen LogP contribution in [0.2, 0.25) is 0 Å². The molecular formula is C18H32IN3O. The Morgan fingerprint density at radius 2 is 1.87 bits per heavy atom. The summed E-state index contributed by atoms with van der Waals surface area (Å²) < 4.78 is 0.877. The Labute approximate surface area is 158 Å². The molecule has 0 saturated carbocycles. The zero-order chi connectivity index (χ0) is 16.8. The number of primary amides is 1. The van der Waals surface area contributed by atoms with Crippen molar-refractivity contribution in [1.29, 1.82) is 0 Å². The Balaban J connectivity index is 0.00000484. The maximum atomic E-state index is 11.1. The molecule has 4 nitrogen and oxygen atoms in total. The summed E-state index contributed by atoms with van der Waals surface area (Å²) in [5.74, 6) is 0.394. The Hall–Kier alpha value is -0.660. The lowest BCUT2D eigenvalue weighted by atomic mass is 9.95. The van der Waals surface area contributed by atoms with Gasteiger partial charge in [-0.05, 0) is 35.4 Å². The summed E-state index contributed by atoms with van der Waals surface area (Å²) in [7, 11) is 6.48. The van der Waals surface area contributed by atoms with Crippen molar-refractivity contribution in [2.45, 2.75) is 39.7 Å². The monoisotopic (exact) mass is 433 g/mol. The highest BCUT2D eigenvalue weighted by Crippen LogP contribution is 2.17. The second-order valence-corrected chi connectivity index (χ2v) is 7.54. The van der Waals surface area contributed by atoms with Crippen LogP contribution in [0.4, 0.5) is 0 Å². The number of halogens is 1. The van der Waals surface area contributed by atoms with Crippen LogP contribution in [0.25, 0.3) is 0 Å². The Morgan fingerprint density at radius 3 is 2.39 bits per heavy atom. The van der Waals surface area contributed by atoms with Gasteiger partial charge in [-0.25, -0.2) is 0 Å². The first-order valence-electron chi connectivity index (χ1n) is 8.07. The summed E-state index contributed by atoms with van der Waals surface area (Å²) in [4.78, 5) is 11.1. The van der Waals surface area contributed by atoms with Gasteiger partial charge in [-0.3, -0.25) is 10.1 Å². The molecule has 5 heteroatoms. The number of rotatable bonds is 9. The van der Waals surface area contributed by atoms with Gasteiger partial charge in [0, 0.05) is 13.0 Å². The molecule has 0 bridgehead atoms. The third kappa shape index (κ3) is 9.94. The molecule has 0 aliphatic heterocycles. The largest absolute Gasteiger partial charge is 1.00 e. The quantitative estimate of drug-likeness (QED) is 0.300. The van der Waals surface area contributed by atoms with Gasteiger partial charge in [-0.2, -0.15) is 0 Å². The van der Waals surface area contributed by atoms with Crippen molar-refractivity contribution in [3.05, 3.63) is 34.9 Å². The SMILES string of the molecule is CC(C)Cc1ccc(CNC[N+](C)(C)C)c(CCC(N)=O)c1.[I-]. The Kier molecular flexibility index (Phi) is 9.96. The number of aryl methyl sites for hydroxylation is 1. The van der Waals surface area contributed by atoms with Crippen molar-refractivity contribution in [2.75, 3.05) is 27.8 Å². The topological polar surface area (TPSA) is 55.1 Å². The minimum absolute atomic E-state index is 0. The average molecular weight is 433 g/mol. The van der Waals surface area contributed by atoms with Gasteiger partial charge in [-0.1, -0.05) is 32.0 Å². The number of carbonyl (C=O) groups is 1. The second-order valence-electron chi connectivity index (χ2n) is 7.54. The molecule has 0 aliphatic carbocycles. The summed E-state index contributed by atoms with van der Waals surface area (Å²) in [5, 5.41) is 3.49. The lowest BCUT2D eigenvalue weighted by Crippen LogP contribution is -3.00. The molecule has 0 aromatic heterocycles. The number of quaternary nitrogens is 1. The molecular weight excluding hydrogens is 401 g/mol. The van der Waals surface area contributed by atoms with E-state index in [1.807, 2.05) is 0 Å². The molecule has 1 aromatic rings. The number of carbonyl (C=O) groups excluding carboxylic acids is 1. The Bertz CT molecular complexity index is 496. The number of amides is 1. The maximum absolute atomic E-state index is 11.1. The van der Waals surface area contributed by atoms with Crippen LogP contribution in [0.15, 0.2) is 18.2 Å². The van der Waals surface area contributed by atoms with Crippen LogP contribution in [-0.2, 0) is 24.2 Å². The van der Waals surface area contributed by atoms with Gasteiger partial charge in [-0.15, -0.1) is 0 Å². The molecule has 132 valence electrons. The third-order valence-corrected chi connectivity index (χ3v) is 3.46. The van der Waals surface area contributed by atoms with E-state index in [0.29, 0.717) is 12.3 Å². The minimum atomic E-state index is -0.237. The molecule has 0 atom stereocenters. The molecule has 0 fully saturated rings. The first kappa shape index (κ1) is 22.3. The fourth-order valence-corrected chi connectivity index (χ4v) is 2.47. The van der Waals surface area contributed by atoms with Gasteiger partial charge in [0.05, 0.1) is 21.1 Å². The molecule has 1 aromatic carbocycles. The van der Waals surface area contributed by atoms with Crippen molar-refractivity contribution in [1.82, 2.24) is 5.32 Å². The number of nitrogens with two attached hydrogens (primary N) is 1. The van der Waals surface area contributed by atoms with E-state index in [1.54, 1.807) is 0 Å². The van der Waals surface area contributed by atoms with Crippen LogP contribution >= 0.6 is 0 Å². The van der Waals surface area contributed by atoms with Crippen molar-refractivity contribution >= 4 is 5.91 Å². The van der Waals surface area contributed by atoms with Crippen molar-refractivity contribution in [3.8, 4) is 0 Å². The molecule has 1 rings (SSSR count). The van der Waals surface area contributed by atoms with Gasteiger partial charge < -0.3 is 34.2 Å². The second kappa shape index (κ2) is 10.3. The highest BCUT2D eigenvalue weighted by molar-refractivity contribution is 5.74. The van der Waals surface area contributed by atoms with Crippen LogP contribution < -0.4 is 35.0 Å². The normalized spacial score (nSPS) is 11.4. The summed E-state index contributed by atoms with van der Waals surface area (Å²) >= 11 is 0. The van der Waals surface area contributed by atoms with E-state index in [-0.39, 0.29) is 29.9 Å². The van der Waals surface area contributed by atoms with Crippen molar-refractivity contribution in [2.24, 2.45) is 11.7 Å². The standard InChI is InChI=1S/C18H31N3O.HI/c1-14(2)10-15-6-7-17(12-20-13-21(3,4)5)16(11-15)8-9-18(19)22;/h6-7,11,14,20H,8-10,12-13H2,1-5H3,(H-,19,22);1H. The maximum Gasteiger partial charge on any atom is 0.217 e. The molecule has 0 saturated heterocycles. The lowest BCUT2D eigenvalue weighted by Gasteiger charge is -2.24. The minimum Gasteiger partial charge on any atom is -1.00 e. The van der Waals surface area contributed by atoms with Crippen LogP contribution in [-0.4, -0.2) is 38.2 Å². The van der Waals surface area contributed by atoms with Gasteiger partial charge in [0.1, 0.15) is 6.67 Å². The van der Waals surface area contributed by atoms with Crippen LogP contribution in [0, 0.1) is 5.92 Å². The first-order chi connectivity index (χ1) is 10.2. The zero-order valence-electron chi connectivity index (χ0n) is 15.2. The summed E-state index contributed by atoms with van der Waals surface area (Å²) in [6.45, 7) is 6.17. The zero-order valence-corrected chi connectivity index (χ0v) is 17.3. The number of nitrogens with zero attached hydrogens (tertiary/aromatic N) is 1. The van der Waals surface area contributed by atoms with E-state index < -0.39 is 0 Å². The lowest BCUT2D eigenvalue weighted by molar-refractivity contribution is -0.873. The van der Waals surface area contributed by atoms with E-state index in [1.165, 1.54) is 16.7 Å². The van der Waals surface area contributed by atoms with E-state index in [4.69, 9.17) is 5.73 Å². The van der Waals surface area contributed by atoms with E-state index in [2.05, 4.69) is 58.5 Å². The van der Waals surface area contributed by atoms with Gasteiger partial charge in [0.25, 0.3) is 0 Å². The number of nitrogens with one attached hydrogen (secondary N) is 1. The molecule has 3 N–H and O–H groups in total. The fourth-order valence-electron chi connectivity index (χ4n) is 2.47. The molecule has 1 amide bonds. The number of benzene rings is 1. The molecule has 0 unspecified atom stereocenters. The van der Waals surface area contributed by atoms with Crippen LogP contribution in [0.5, 0.6) is 0 Å². The number of hydrogen-bond donors (Lipinski definition) is 2. The summed E-state index contributed by atoms with van der Waals surface area (Å²) in [6.07, 6.45) is 2.20. The predicted octanol–water partition coefficient (Wildman–Crippen LogP) is -0.940. The van der Waals surface area contributed by atoms with Crippen LogP contribution in [0.3, 0.4) is 0 Å². The van der Waals surface area contributed by atoms with Gasteiger partial charge >= 0.3 is 0 Å². The fraction of sp³-hybridized carbons (Fsp3) is 0.611. The van der Waals surface area contributed by atoms with E-state index >= 15 is 0 Å². The van der Waals surface area contributed by atoms with Crippen LogP contribution in [0.1, 0.15) is 37.0 Å². The molecule has 23 heavy (non-hydrogen) atoms. The first-order valence-corrected chi connectivity index (χ1v) is 8.07. The summed E-state index contributed by atoms with van der Waals surface area (Å²) in [5.41, 5.74) is 9.15. The third-order valence-electron chi connectivity index (χ3n) is 3.46. The Morgan fingerprint density at radius 1 is 1.22 bits per heavy atom. The van der Waals surface area contributed by atoms with Crippen molar-refractivity contribution in [3.63, 3.8) is 0 Å². The number of hydrogen-bond acceptors (Lipinski definition) is 2. The summed E-state index contributed by atoms with van der Waals surface area (Å²) in [6, 6.07) is 6.64. The average Bonchev–Trinajstić information content (AvgIpc) is 2.36. The smallest absolute Gasteiger partial charge is 0.217 e. The molecule has 0 aliphatic rings. The van der Waals surface area contributed by atoms with E-state index in [0.717, 1.165) is 30.5 Å². The van der Waals surface area contributed by atoms with Gasteiger partial charge in [0.15, 0.2) is 0 Å². The highest BCUT2D eigenvalue weighted by atomic mass is 127. The van der Waals surface area contributed by atoms with Gasteiger partial charge in [0.2, 0.25) is 5.91 Å².